The summed E-state index contributed by atoms with van der Waals surface area (Å²) in [6.45, 7) is 2.32. The average molecular weight is 435 g/mol. The number of rotatable bonds is 6. The summed E-state index contributed by atoms with van der Waals surface area (Å²) < 4.78 is 28.5. The Morgan fingerprint density at radius 1 is 0.935 bits per heavy atom. The lowest BCUT2D eigenvalue weighted by atomic mass is 10.0. The molecule has 0 aromatic heterocycles. The number of anilines is 2. The largest absolute Gasteiger partial charge is 0.311 e. The fourth-order valence-corrected chi connectivity index (χ4v) is 5.55. The van der Waals surface area contributed by atoms with Gasteiger partial charge in [-0.25, -0.2) is 8.42 Å². The number of para-hydroxylation sites is 2. The minimum Gasteiger partial charge on any atom is -0.311 e. The van der Waals surface area contributed by atoms with E-state index in [0.717, 1.165) is 29.7 Å². The van der Waals surface area contributed by atoms with Gasteiger partial charge in [-0.2, -0.15) is 0 Å². The number of carbonyl (C=O) groups excluding carboxylic acids is 1. The maximum atomic E-state index is 13.6. The fraction of sp³-hybridized carbons (Fsp3) is 0.240. The van der Waals surface area contributed by atoms with Crippen molar-refractivity contribution in [1.29, 1.82) is 0 Å². The highest BCUT2D eigenvalue weighted by Gasteiger charge is 2.31. The van der Waals surface area contributed by atoms with Crippen LogP contribution in [0.5, 0.6) is 0 Å². The molecular weight excluding hydrogens is 408 g/mol. The van der Waals surface area contributed by atoms with E-state index < -0.39 is 10.0 Å². The molecule has 31 heavy (non-hydrogen) atoms. The Morgan fingerprint density at radius 2 is 1.61 bits per heavy atom. The van der Waals surface area contributed by atoms with Crippen molar-refractivity contribution in [3.63, 3.8) is 0 Å². The Balaban J connectivity index is 1.75. The second-order valence-corrected chi connectivity index (χ2v) is 9.45. The van der Waals surface area contributed by atoms with E-state index in [1.807, 2.05) is 49.4 Å². The van der Waals surface area contributed by atoms with Crippen LogP contribution in [0.25, 0.3) is 0 Å². The zero-order chi connectivity index (χ0) is 21.8. The maximum Gasteiger partial charge on any atom is 0.264 e. The van der Waals surface area contributed by atoms with Crippen LogP contribution in [0.15, 0.2) is 83.8 Å². The van der Waals surface area contributed by atoms with Crippen molar-refractivity contribution in [1.82, 2.24) is 0 Å². The zero-order valence-corrected chi connectivity index (χ0v) is 18.4. The van der Waals surface area contributed by atoms with Gasteiger partial charge in [0.25, 0.3) is 10.0 Å². The summed E-state index contributed by atoms with van der Waals surface area (Å²) >= 11 is 0. The number of sulfonamides is 1. The Kier molecular flexibility index (Phi) is 6.09. The smallest absolute Gasteiger partial charge is 0.264 e. The van der Waals surface area contributed by atoms with Gasteiger partial charge in [0.1, 0.15) is 6.54 Å². The van der Waals surface area contributed by atoms with Crippen LogP contribution in [0, 0.1) is 0 Å². The molecule has 1 heterocycles. The number of carbonyl (C=O) groups is 1. The molecule has 0 saturated carbocycles. The van der Waals surface area contributed by atoms with Crippen LogP contribution in [0.4, 0.5) is 11.4 Å². The molecule has 4 rings (SSSR count). The summed E-state index contributed by atoms with van der Waals surface area (Å²) in [5, 5.41) is 0. The highest BCUT2D eigenvalue weighted by atomic mass is 32.2. The fourth-order valence-electron chi connectivity index (χ4n) is 4.07. The molecule has 5 nitrogen and oxygen atoms in total. The highest BCUT2D eigenvalue weighted by Crippen LogP contribution is 2.30. The molecule has 0 unspecified atom stereocenters. The summed E-state index contributed by atoms with van der Waals surface area (Å²) in [5.74, 6) is -0.224. The number of hydrogen-bond donors (Lipinski definition) is 0. The summed E-state index contributed by atoms with van der Waals surface area (Å²) in [6.07, 6.45) is 2.45. The van der Waals surface area contributed by atoms with Gasteiger partial charge >= 0.3 is 0 Å². The van der Waals surface area contributed by atoms with E-state index in [9.17, 15) is 13.2 Å². The van der Waals surface area contributed by atoms with Crippen molar-refractivity contribution in [2.24, 2.45) is 0 Å². The molecule has 0 fully saturated rings. The first kappa shape index (κ1) is 21.1. The van der Waals surface area contributed by atoms with Gasteiger partial charge in [0.2, 0.25) is 5.91 Å². The predicted octanol–water partition coefficient (Wildman–Crippen LogP) is 4.42. The Hall–Kier alpha value is -3.12. The first-order chi connectivity index (χ1) is 15.0. The molecule has 0 atom stereocenters. The van der Waals surface area contributed by atoms with Gasteiger partial charge in [-0.05, 0) is 54.7 Å². The van der Waals surface area contributed by atoms with Gasteiger partial charge in [-0.3, -0.25) is 9.10 Å². The topological polar surface area (TPSA) is 57.7 Å². The van der Waals surface area contributed by atoms with Gasteiger partial charge in [0, 0.05) is 12.2 Å². The lowest BCUT2D eigenvalue weighted by Gasteiger charge is -2.32. The Bertz CT molecular complexity index is 1180. The van der Waals surface area contributed by atoms with Gasteiger partial charge in [-0.1, -0.05) is 61.5 Å². The van der Waals surface area contributed by atoms with E-state index in [0.29, 0.717) is 18.7 Å². The molecule has 0 spiro atoms. The number of nitrogens with zero attached hydrogens (tertiary/aromatic N) is 2. The molecule has 6 heteroatoms. The van der Waals surface area contributed by atoms with E-state index >= 15 is 0 Å². The van der Waals surface area contributed by atoms with Crippen LogP contribution in [0.3, 0.4) is 0 Å². The minimum atomic E-state index is -3.91. The van der Waals surface area contributed by atoms with Gasteiger partial charge in [-0.15, -0.1) is 0 Å². The zero-order valence-electron chi connectivity index (χ0n) is 17.6. The standard InChI is InChI=1S/C25H26N2O3S/c1-2-20-11-6-9-17-24(20)27(31(29,30)22-14-4-3-5-15-22)19-25(28)26-18-10-13-21-12-7-8-16-23(21)26/h3-9,11-12,14-17H,2,10,13,18-19H2,1H3. The van der Waals surface area contributed by atoms with Crippen LogP contribution in [-0.2, 0) is 27.7 Å². The number of aryl methyl sites for hydroxylation is 2. The number of benzene rings is 3. The van der Waals surface area contributed by atoms with Crippen LogP contribution in [0.1, 0.15) is 24.5 Å². The van der Waals surface area contributed by atoms with Crippen molar-refractivity contribution in [3.8, 4) is 0 Å². The third kappa shape index (κ3) is 4.21. The molecular formula is C25H26N2O3S. The van der Waals surface area contributed by atoms with Crippen LogP contribution < -0.4 is 9.21 Å². The lowest BCUT2D eigenvalue weighted by molar-refractivity contribution is -0.117. The SMILES string of the molecule is CCc1ccccc1N(CC(=O)N1CCCc2ccccc21)S(=O)(=O)c1ccccc1. The first-order valence-corrected chi connectivity index (χ1v) is 12.0. The lowest BCUT2D eigenvalue weighted by Crippen LogP contribution is -2.45. The average Bonchev–Trinajstić information content (AvgIpc) is 2.82. The molecule has 1 aliphatic heterocycles. The first-order valence-electron chi connectivity index (χ1n) is 10.6. The van der Waals surface area contributed by atoms with Gasteiger partial charge < -0.3 is 4.90 Å². The predicted molar refractivity (Wildman–Crippen MR) is 124 cm³/mol. The molecule has 3 aromatic carbocycles. The van der Waals surface area contributed by atoms with Crippen LogP contribution >= 0.6 is 0 Å². The van der Waals surface area contributed by atoms with Crippen LogP contribution in [0.2, 0.25) is 0 Å². The van der Waals surface area contributed by atoms with E-state index in [1.165, 1.54) is 4.31 Å². The summed E-state index contributed by atoms with van der Waals surface area (Å²) in [7, 11) is -3.91. The Morgan fingerprint density at radius 3 is 2.39 bits per heavy atom. The molecule has 0 aliphatic carbocycles. The van der Waals surface area contributed by atoms with Crippen molar-refractivity contribution in [3.05, 3.63) is 90.0 Å². The summed E-state index contributed by atoms with van der Waals surface area (Å²) in [5.41, 5.74) is 3.43. The summed E-state index contributed by atoms with van der Waals surface area (Å²) in [6, 6.07) is 23.5. The molecule has 0 bridgehead atoms. The van der Waals surface area contributed by atoms with E-state index in [2.05, 4.69) is 0 Å². The Labute approximate surface area is 184 Å². The molecule has 160 valence electrons. The molecule has 0 N–H and O–H groups in total. The van der Waals surface area contributed by atoms with Crippen molar-refractivity contribution < 1.29 is 13.2 Å². The monoisotopic (exact) mass is 434 g/mol. The number of fused-ring (bicyclic) bond motifs is 1. The highest BCUT2D eigenvalue weighted by molar-refractivity contribution is 7.92. The van der Waals surface area contributed by atoms with E-state index in [1.54, 1.807) is 41.3 Å². The maximum absolute atomic E-state index is 13.6. The number of amides is 1. The summed E-state index contributed by atoms with van der Waals surface area (Å²) in [4.78, 5) is 15.3. The molecule has 3 aromatic rings. The second-order valence-electron chi connectivity index (χ2n) is 7.58. The van der Waals surface area contributed by atoms with E-state index in [-0.39, 0.29) is 17.3 Å². The van der Waals surface area contributed by atoms with Crippen molar-refractivity contribution >= 4 is 27.3 Å². The molecule has 0 saturated heterocycles. The second kappa shape index (κ2) is 8.94. The third-order valence-electron chi connectivity index (χ3n) is 5.66. The minimum absolute atomic E-state index is 0.174. The molecule has 0 radical (unpaired) electrons. The number of hydrogen-bond acceptors (Lipinski definition) is 3. The van der Waals surface area contributed by atoms with Crippen LogP contribution in [-0.4, -0.2) is 27.4 Å². The van der Waals surface area contributed by atoms with Gasteiger partial charge in [0.15, 0.2) is 0 Å². The normalized spacial score (nSPS) is 13.5. The quantitative estimate of drug-likeness (QED) is 0.577. The van der Waals surface area contributed by atoms with E-state index in [4.69, 9.17) is 0 Å². The van der Waals surface area contributed by atoms with Gasteiger partial charge in [0.05, 0.1) is 10.6 Å². The van der Waals surface area contributed by atoms with Crippen molar-refractivity contribution in [2.75, 3.05) is 22.3 Å². The van der Waals surface area contributed by atoms with Crippen molar-refractivity contribution in [2.45, 2.75) is 31.1 Å². The third-order valence-corrected chi connectivity index (χ3v) is 7.44. The molecule has 1 amide bonds. The molecule has 1 aliphatic rings.